The van der Waals surface area contributed by atoms with Crippen LogP contribution < -0.4 is 5.32 Å². The minimum absolute atomic E-state index is 0.156. The normalized spacial score (nSPS) is 20.7. The Labute approximate surface area is 151 Å². The first-order chi connectivity index (χ1) is 12.2. The summed E-state index contributed by atoms with van der Waals surface area (Å²) in [6.45, 7) is 4.28. The van der Waals surface area contributed by atoms with E-state index in [9.17, 15) is 18.0 Å². The van der Waals surface area contributed by atoms with Crippen molar-refractivity contribution in [2.24, 2.45) is 5.41 Å². The zero-order valence-electron chi connectivity index (χ0n) is 14.9. The zero-order valence-corrected chi connectivity index (χ0v) is 14.9. The van der Waals surface area contributed by atoms with E-state index in [1.54, 1.807) is 18.2 Å². The second kappa shape index (κ2) is 6.78. The van der Waals surface area contributed by atoms with E-state index in [-0.39, 0.29) is 30.1 Å². The van der Waals surface area contributed by atoms with E-state index in [2.05, 4.69) is 5.32 Å². The molecule has 1 fully saturated rings. The standard InChI is InChI=1S/C21H22F3NO/c1-20(2)12-21(20,16-9-8-15(22)11-18(16)24)13-25-19(26)10-7-14-5-3-4-6-17(14)23/h3-6,8-9,11H,7,10,12-13H2,1-2H3,(H,25,26). The molecule has 3 rings (SSSR count). The SMILES string of the molecule is CC1(C)CC1(CNC(=O)CCc1ccccc1F)c1ccc(F)cc1F. The smallest absolute Gasteiger partial charge is 0.220 e. The molecule has 1 amide bonds. The van der Waals surface area contributed by atoms with E-state index in [0.29, 0.717) is 24.0 Å². The number of aryl methyl sites for hydroxylation is 1. The summed E-state index contributed by atoms with van der Waals surface area (Å²) < 4.78 is 41.1. The fourth-order valence-corrected chi connectivity index (χ4v) is 3.73. The molecule has 0 radical (unpaired) electrons. The number of carbonyl (C=O) groups excluding carboxylic acids is 1. The number of hydrogen-bond donors (Lipinski definition) is 1. The third-order valence-electron chi connectivity index (χ3n) is 5.53. The van der Waals surface area contributed by atoms with E-state index in [1.165, 1.54) is 18.2 Å². The Balaban J connectivity index is 1.65. The number of rotatable bonds is 6. The average molecular weight is 361 g/mol. The minimum atomic E-state index is -0.617. The van der Waals surface area contributed by atoms with Crippen molar-refractivity contribution in [1.29, 1.82) is 0 Å². The average Bonchev–Trinajstić information content (AvgIpc) is 3.14. The van der Waals surface area contributed by atoms with Crippen molar-refractivity contribution in [3.8, 4) is 0 Å². The van der Waals surface area contributed by atoms with Crippen LogP contribution in [-0.4, -0.2) is 12.5 Å². The lowest BCUT2D eigenvalue weighted by Gasteiger charge is -2.22. The molecule has 0 aromatic heterocycles. The van der Waals surface area contributed by atoms with Crippen LogP contribution in [0.5, 0.6) is 0 Å². The summed E-state index contributed by atoms with van der Waals surface area (Å²) in [6.07, 6.45) is 1.17. The lowest BCUT2D eigenvalue weighted by Crippen LogP contribution is -2.35. The molecule has 1 saturated carbocycles. The number of benzene rings is 2. The summed E-state index contributed by atoms with van der Waals surface area (Å²) in [5.41, 5.74) is 0.190. The van der Waals surface area contributed by atoms with Crippen LogP contribution in [0.25, 0.3) is 0 Å². The summed E-state index contributed by atoms with van der Waals surface area (Å²) in [7, 11) is 0. The number of hydrogen-bond acceptors (Lipinski definition) is 1. The highest BCUT2D eigenvalue weighted by Gasteiger charge is 2.62. The number of carbonyl (C=O) groups is 1. The first kappa shape index (κ1) is 18.5. The second-order valence-electron chi connectivity index (χ2n) is 7.64. The van der Waals surface area contributed by atoms with Crippen LogP contribution in [0, 0.1) is 22.9 Å². The molecule has 2 aromatic carbocycles. The van der Waals surface area contributed by atoms with Gasteiger partial charge < -0.3 is 5.32 Å². The number of amides is 1. The predicted octanol–water partition coefficient (Wildman–Crippen LogP) is 4.52. The summed E-state index contributed by atoms with van der Waals surface area (Å²) in [5.74, 6) is -1.74. The molecule has 2 nitrogen and oxygen atoms in total. The van der Waals surface area contributed by atoms with Crippen molar-refractivity contribution in [3.63, 3.8) is 0 Å². The van der Waals surface area contributed by atoms with Crippen LogP contribution in [0.1, 0.15) is 37.8 Å². The maximum Gasteiger partial charge on any atom is 0.220 e. The molecule has 5 heteroatoms. The molecule has 26 heavy (non-hydrogen) atoms. The number of nitrogens with one attached hydrogen (secondary N) is 1. The summed E-state index contributed by atoms with van der Waals surface area (Å²) >= 11 is 0. The molecular formula is C21H22F3NO. The molecule has 1 N–H and O–H groups in total. The van der Waals surface area contributed by atoms with Gasteiger partial charge in [-0.15, -0.1) is 0 Å². The fraction of sp³-hybridized carbons (Fsp3) is 0.381. The van der Waals surface area contributed by atoms with Crippen LogP contribution in [0.15, 0.2) is 42.5 Å². The predicted molar refractivity (Wildman–Crippen MR) is 94.2 cm³/mol. The molecule has 0 heterocycles. The Hall–Kier alpha value is -2.30. The minimum Gasteiger partial charge on any atom is -0.355 e. The Kier molecular flexibility index (Phi) is 4.82. The molecule has 0 bridgehead atoms. The maximum absolute atomic E-state index is 14.3. The van der Waals surface area contributed by atoms with Crippen LogP contribution >= 0.6 is 0 Å². The molecule has 1 atom stereocenters. The molecule has 0 aliphatic heterocycles. The summed E-state index contributed by atoms with van der Waals surface area (Å²) in [6, 6.07) is 9.95. The Morgan fingerprint density at radius 2 is 1.77 bits per heavy atom. The van der Waals surface area contributed by atoms with E-state index in [0.717, 1.165) is 6.07 Å². The summed E-state index contributed by atoms with van der Waals surface area (Å²) in [5, 5.41) is 2.85. The topological polar surface area (TPSA) is 29.1 Å². The Morgan fingerprint density at radius 3 is 2.38 bits per heavy atom. The van der Waals surface area contributed by atoms with Gasteiger partial charge in [-0.2, -0.15) is 0 Å². The fourth-order valence-electron chi connectivity index (χ4n) is 3.73. The highest BCUT2D eigenvalue weighted by molar-refractivity contribution is 5.76. The van der Waals surface area contributed by atoms with Gasteiger partial charge in [0.2, 0.25) is 5.91 Å². The van der Waals surface area contributed by atoms with E-state index < -0.39 is 17.0 Å². The van der Waals surface area contributed by atoms with Gasteiger partial charge in [-0.25, -0.2) is 13.2 Å². The molecule has 138 valence electrons. The summed E-state index contributed by atoms with van der Waals surface area (Å²) in [4.78, 5) is 12.2. The van der Waals surface area contributed by atoms with Crippen LogP contribution in [0.3, 0.4) is 0 Å². The monoisotopic (exact) mass is 361 g/mol. The largest absolute Gasteiger partial charge is 0.355 e. The van der Waals surface area contributed by atoms with Crippen LogP contribution in [0.4, 0.5) is 13.2 Å². The van der Waals surface area contributed by atoms with Gasteiger partial charge in [0, 0.05) is 24.4 Å². The highest BCUT2D eigenvalue weighted by Crippen LogP contribution is 2.64. The lowest BCUT2D eigenvalue weighted by molar-refractivity contribution is -0.121. The van der Waals surface area contributed by atoms with Crippen molar-refractivity contribution in [3.05, 3.63) is 71.0 Å². The third kappa shape index (κ3) is 3.48. The molecule has 0 spiro atoms. The quantitative estimate of drug-likeness (QED) is 0.805. The Morgan fingerprint density at radius 1 is 1.08 bits per heavy atom. The third-order valence-corrected chi connectivity index (χ3v) is 5.53. The van der Waals surface area contributed by atoms with Crippen LogP contribution in [0.2, 0.25) is 0 Å². The van der Waals surface area contributed by atoms with Gasteiger partial charge in [-0.1, -0.05) is 38.1 Å². The van der Waals surface area contributed by atoms with E-state index >= 15 is 0 Å². The molecule has 2 aromatic rings. The van der Waals surface area contributed by atoms with Gasteiger partial charge in [0.25, 0.3) is 0 Å². The first-order valence-electron chi connectivity index (χ1n) is 8.71. The van der Waals surface area contributed by atoms with Gasteiger partial charge in [0.1, 0.15) is 17.5 Å². The van der Waals surface area contributed by atoms with Crippen molar-refractivity contribution < 1.29 is 18.0 Å². The van der Waals surface area contributed by atoms with Gasteiger partial charge in [0.05, 0.1) is 0 Å². The van der Waals surface area contributed by atoms with Gasteiger partial charge >= 0.3 is 0 Å². The molecule has 1 unspecified atom stereocenters. The molecular weight excluding hydrogens is 339 g/mol. The van der Waals surface area contributed by atoms with Crippen molar-refractivity contribution in [2.45, 2.75) is 38.5 Å². The first-order valence-corrected chi connectivity index (χ1v) is 8.71. The van der Waals surface area contributed by atoms with Crippen molar-refractivity contribution >= 4 is 5.91 Å². The van der Waals surface area contributed by atoms with Gasteiger partial charge in [-0.3, -0.25) is 4.79 Å². The highest BCUT2D eigenvalue weighted by atomic mass is 19.1. The van der Waals surface area contributed by atoms with E-state index in [1.807, 2.05) is 13.8 Å². The van der Waals surface area contributed by atoms with Crippen molar-refractivity contribution in [1.82, 2.24) is 5.32 Å². The molecule has 1 aliphatic rings. The van der Waals surface area contributed by atoms with Gasteiger partial charge in [-0.05, 0) is 41.5 Å². The van der Waals surface area contributed by atoms with Crippen LogP contribution in [-0.2, 0) is 16.6 Å². The van der Waals surface area contributed by atoms with Crippen molar-refractivity contribution in [2.75, 3.05) is 6.54 Å². The lowest BCUT2D eigenvalue weighted by atomic mass is 9.87. The Bertz CT molecular complexity index is 834. The second-order valence-corrected chi connectivity index (χ2v) is 7.64. The molecule has 1 aliphatic carbocycles. The zero-order chi connectivity index (χ0) is 18.9. The molecule has 0 saturated heterocycles. The number of halogens is 3. The van der Waals surface area contributed by atoms with Gasteiger partial charge in [0.15, 0.2) is 0 Å². The van der Waals surface area contributed by atoms with E-state index in [4.69, 9.17) is 0 Å². The maximum atomic E-state index is 14.3.